The van der Waals surface area contributed by atoms with Crippen LogP contribution in [0.1, 0.15) is 24.5 Å². The van der Waals surface area contributed by atoms with Crippen molar-refractivity contribution >= 4 is 5.57 Å². The maximum absolute atomic E-state index is 3.39. The molecule has 2 nitrogen and oxygen atoms in total. The van der Waals surface area contributed by atoms with E-state index in [-0.39, 0.29) is 0 Å². The zero-order chi connectivity index (χ0) is 15.2. The van der Waals surface area contributed by atoms with E-state index in [1.807, 2.05) is 6.07 Å². The fraction of sp³-hybridized carbons (Fsp3) is 0.200. The maximum Gasteiger partial charge on any atom is 0.0525 e. The van der Waals surface area contributed by atoms with Crippen molar-refractivity contribution in [2.45, 2.75) is 19.9 Å². The first-order valence-corrected chi connectivity index (χ1v) is 7.83. The highest BCUT2D eigenvalue weighted by Gasteiger charge is 2.17. The molecular formula is C20H22N2. The summed E-state index contributed by atoms with van der Waals surface area (Å²) >= 11 is 0. The molecule has 0 spiro atoms. The first-order valence-electron chi connectivity index (χ1n) is 7.83. The molecule has 2 N–H and O–H groups in total. The van der Waals surface area contributed by atoms with Crippen molar-refractivity contribution in [1.29, 1.82) is 0 Å². The fourth-order valence-corrected chi connectivity index (χ4v) is 2.87. The molecule has 0 aliphatic heterocycles. The van der Waals surface area contributed by atoms with Crippen LogP contribution < -0.4 is 10.9 Å². The lowest BCUT2D eigenvalue weighted by Gasteiger charge is -2.24. The van der Waals surface area contributed by atoms with Gasteiger partial charge in [-0.2, -0.15) is 0 Å². The minimum absolute atomic E-state index is 0.522. The lowest BCUT2D eigenvalue weighted by Crippen LogP contribution is -2.31. The van der Waals surface area contributed by atoms with E-state index in [9.17, 15) is 0 Å². The quantitative estimate of drug-likeness (QED) is 0.803. The molecule has 1 aliphatic carbocycles. The Morgan fingerprint density at radius 2 is 1.64 bits per heavy atom. The normalized spacial score (nSPS) is 17.6. The van der Waals surface area contributed by atoms with Crippen LogP contribution in [-0.4, -0.2) is 0 Å². The number of benzene rings is 2. The standard InChI is InChI=1S/C20H22N2/c1-16-9-8-14-19(20(16)18-12-6-3-7-13-18)22-21-15-17-10-4-2-5-11-17/h2-8,10-14,16,21-22H,9,15H2,1H3. The molecule has 22 heavy (non-hydrogen) atoms. The molecule has 0 aromatic heterocycles. The second kappa shape index (κ2) is 7.10. The van der Waals surface area contributed by atoms with Gasteiger partial charge in [0.15, 0.2) is 0 Å². The SMILES string of the molecule is CC1CC=CC(NNCc2ccccc2)=C1c1ccccc1. The van der Waals surface area contributed by atoms with Crippen molar-refractivity contribution in [3.63, 3.8) is 0 Å². The summed E-state index contributed by atoms with van der Waals surface area (Å²) in [6, 6.07) is 21.1. The summed E-state index contributed by atoms with van der Waals surface area (Å²) < 4.78 is 0. The Morgan fingerprint density at radius 1 is 0.955 bits per heavy atom. The molecule has 0 radical (unpaired) electrons. The monoisotopic (exact) mass is 290 g/mol. The zero-order valence-corrected chi connectivity index (χ0v) is 12.9. The van der Waals surface area contributed by atoms with Crippen molar-refractivity contribution in [1.82, 2.24) is 10.9 Å². The lowest BCUT2D eigenvalue weighted by molar-refractivity contribution is 0.598. The van der Waals surface area contributed by atoms with Gasteiger partial charge in [0.1, 0.15) is 0 Å². The van der Waals surface area contributed by atoms with Gasteiger partial charge in [-0.3, -0.25) is 0 Å². The molecule has 0 amide bonds. The molecule has 112 valence electrons. The minimum atomic E-state index is 0.522. The van der Waals surface area contributed by atoms with E-state index in [1.165, 1.54) is 22.4 Å². The van der Waals surface area contributed by atoms with Gasteiger partial charge in [-0.15, -0.1) is 0 Å². The predicted molar refractivity (Wildman–Crippen MR) is 92.7 cm³/mol. The van der Waals surface area contributed by atoms with Gasteiger partial charge in [-0.05, 0) is 35.1 Å². The van der Waals surface area contributed by atoms with Crippen LogP contribution in [-0.2, 0) is 6.54 Å². The summed E-state index contributed by atoms with van der Waals surface area (Å²) in [5.74, 6) is 0.522. The third-order valence-corrected chi connectivity index (χ3v) is 4.00. The molecule has 0 saturated carbocycles. The largest absolute Gasteiger partial charge is 0.321 e. The number of nitrogens with one attached hydrogen (secondary N) is 2. The number of hydrazine groups is 1. The molecule has 2 heteroatoms. The van der Waals surface area contributed by atoms with Crippen LogP contribution in [0.15, 0.2) is 78.5 Å². The van der Waals surface area contributed by atoms with Gasteiger partial charge in [-0.25, -0.2) is 5.43 Å². The van der Waals surface area contributed by atoms with Crippen LogP contribution in [0.4, 0.5) is 0 Å². The average molecular weight is 290 g/mol. The van der Waals surface area contributed by atoms with Crippen LogP contribution in [0.5, 0.6) is 0 Å². The Morgan fingerprint density at radius 3 is 2.36 bits per heavy atom. The second-order valence-corrected chi connectivity index (χ2v) is 5.70. The lowest BCUT2D eigenvalue weighted by atomic mass is 9.86. The van der Waals surface area contributed by atoms with Crippen molar-refractivity contribution < 1.29 is 0 Å². The number of hydrogen-bond acceptors (Lipinski definition) is 2. The zero-order valence-electron chi connectivity index (χ0n) is 12.9. The Balaban J connectivity index is 1.75. The molecule has 2 aromatic carbocycles. The summed E-state index contributed by atoms with van der Waals surface area (Å²) in [6.07, 6.45) is 5.51. The van der Waals surface area contributed by atoms with Gasteiger partial charge in [0.2, 0.25) is 0 Å². The van der Waals surface area contributed by atoms with Crippen LogP contribution in [0, 0.1) is 5.92 Å². The molecule has 0 fully saturated rings. The number of allylic oxidation sites excluding steroid dienone is 3. The maximum atomic E-state index is 3.39. The van der Waals surface area contributed by atoms with Crippen molar-refractivity contribution in [2.24, 2.45) is 5.92 Å². The molecule has 0 saturated heterocycles. The van der Waals surface area contributed by atoms with E-state index < -0.39 is 0 Å². The molecule has 2 aromatic rings. The third-order valence-electron chi connectivity index (χ3n) is 4.00. The Kier molecular flexibility index (Phi) is 4.71. The van der Waals surface area contributed by atoms with Gasteiger partial charge >= 0.3 is 0 Å². The minimum Gasteiger partial charge on any atom is -0.321 e. The van der Waals surface area contributed by atoms with E-state index in [2.05, 4.69) is 84.5 Å². The first kappa shape index (κ1) is 14.6. The van der Waals surface area contributed by atoms with Crippen LogP contribution in [0.3, 0.4) is 0 Å². The van der Waals surface area contributed by atoms with Crippen LogP contribution in [0.2, 0.25) is 0 Å². The average Bonchev–Trinajstić information content (AvgIpc) is 2.57. The van der Waals surface area contributed by atoms with E-state index in [0.29, 0.717) is 5.92 Å². The highest BCUT2D eigenvalue weighted by molar-refractivity contribution is 5.73. The van der Waals surface area contributed by atoms with Crippen LogP contribution in [0.25, 0.3) is 5.57 Å². The van der Waals surface area contributed by atoms with Crippen molar-refractivity contribution in [2.75, 3.05) is 0 Å². The van der Waals surface area contributed by atoms with Gasteiger partial charge in [0, 0.05) is 6.54 Å². The van der Waals surface area contributed by atoms with E-state index >= 15 is 0 Å². The second-order valence-electron chi connectivity index (χ2n) is 5.70. The van der Waals surface area contributed by atoms with Gasteiger partial charge in [0.05, 0.1) is 5.70 Å². The predicted octanol–water partition coefficient (Wildman–Crippen LogP) is 4.29. The van der Waals surface area contributed by atoms with Crippen molar-refractivity contribution in [3.8, 4) is 0 Å². The third kappa shape index (κ3) is 3.46. The summed E-state index contributed by atoms with van der Waals surface area (Å²) in [4.78, 5) is 0. The van der Waals surface area contributed by atoms with E-state index in [1.54, 1.807) is 0 Å². The highest BCUT2D eigenvalue weighted by atomic mass is 15.4. The first-order chi connectivity index (χ1) is 10.8. The molecule has 1 atom stereocenters. The number of hydrogen-bond donors (Lipinski definition) is 2. The van der Waals surface area contributed by atoms with Gasteiger partial charge < -0.3 is 5.43 Å². The Hall–Kier alpha value is -2.32. The fourth-order valence-electron chi connectivity index (χ4n) is 2.87. The molecule has 0 bridgehead atoms. The van der Waals surface area contributed by atoms with E-state index in [0.717, 1.165) is 13.0 Å². The molecular weight excluding hydrogens is 268 g/mol. The topological polar surface area (TPSA) is 24.1 Å². The molecule has 1 aliphatic rings. The summed E-state index contributed by atoms with van der Waals surface area (Å²) in [5.41, 5.74) is 11.8. The highest BCUT2D eigenvalue weighted by Crippen LogP contribution is 2.32. The summed E-state index contributed by atoms with van der Waals surface area (Å²) in [6.45, 7) is 3.08. The Bertz CT molecular complexity index is 657. The van der Waals surface area contributed by atoms with Gasteiger partial charge in [-0.1, -0.05) is 73.7 Å². The van der Waals surface area contributed by atoms with Gasteiger partial charge in [0.25, 0.3) is 0 Å². The summed E-state index contributed by atoms with van der Waals surface area (Å²) in [7, 11) is 0. The Labute approximate surface area is 132 Å². The van der Waals surface area contributed by atoms with Crippen molar-refractivity contribution in [3.05, 3.63) is 89.6 Å². The smallest absolute Gasteiger partial charge is 0.0525 e. The molecule has 1 unspecified atom stereocenters. The molecule has 3 rings (SSSR count). The molecule has 0 heterocycles. The van der Waals surface area contributed by atoms with E-state index in [4.69, 9.17) is 0 Å². The summed E-state index contributed by atoms with van der Waals surface area (Å²) in [5, 5.41) is 0. The van der Waals surface area contributed by atoms with Crippen LogP contribution >= 0.6 is 0 Å². The number of rotatable bonds is 5.